The number of nitriles is 1. The molecule has 1 aromatic heterocycles. The molecular weight excluding hydrogens is 451 g/mol. The summed E-state index contributed by atoms with van der Waals surface area (Å²) < 4.78 is 21.2. The third-order valence-corrected chi connectivity index (χ3v) is 6.08. The van der Waals surface area contributed by atoms with E-state index >= 15 is 0 Å². The Labute approximate surface area is 202 Å². The molecule has 1 fully saturated rings. The lowest BCUT2D eigenvalue weighted by Crippen LogP contribution is -2.44. The minimum absolute atomic E-state index is 0.0529. The summed E-state index contributed by atoms with van der Waals surface area (Å²) in [6.07, 6.45) is 0.131. The molecule has 1 saturated heterocycles. The van der Waals surface area contributed by atoms with Crippen LogP contribution >= 0.6 is 0 Å². The number of aliphatic hydroxyl groups excluding tert-OH is 1. The third kappa shape index (κ3) is 5.02. The van der Waals surface area contributed by atoms with Crippen molar-refractivity contribution in [3.8, 4) is 34.2 Å². The van der Waals surface area contributed by atoms with Gasteiger partial charge in [-0.25, -0.2) is 9.37 Å². The van der Waals surface area contributed by atoms with Gasteiger partial charge in [-0.15, -0.1) is 0 Å². The normalized spacial score (nSPS) is 15.0. The predicted octanol–water partition coefficient (Wildman–Crippen LogP) is 1.80. The van der Waals surface area contributed by atoms with E-state index in [1.54, 1.807) is 36.4 Å². The number of nitrogens with two attached hydrogens (primary N) is 2. The Morgan fingerprint density at radius 2 is 1.89 bits per heavy atom. The van der Waals surface area contributed by atoms with Crippen LogP contribution in [0.25, 0.3) is 22.4 Å². The van der Waals surface area contributed by atoms with E-state index in [1.165, 1.54) is 23.8 Å². The van der Waals surface area contributed by atoms with Gasteiger partial charge in [0, 0.05) is 24.7 Å². The molecule has 0 bridgehead atoms. The van der Waals surface area contributed by atoms with Gasteiger partial charge in [0.1, 0.15) is 23.9 Å². The molecule has 9 nitrogen and oxygen atoms in total. The lowest BCUT2D eigenvalue weighted by atomic mass is 9.99. The molecule has 2 heterocycles. The van der Waals surface area contributed by atoms with E-state index in [0.717, 1.165) is 0 Å². The Morgan fingerprint density at radius 3 is 2.46 bits per heavy atom. The van der Waals surface area contributed by atoms with Gasteiger partial charge in [0.05, 0.1) is 30.5 Å². The maximum Gasteiger partial charge on any atom is 0.263 e. The van der Waals surface area contributed by atoms with Gasteiger partial charge in [0.2, 0.25) is 5.95 Å². The zero-order valence-electron chi connectivity index (χ0n) is 19.3. The van der Waals surface area contributed by atoms with Gasteiger partial charge in [-0.1, -0.05) is 18.2 Å². The van der Waals surface area contributed by atoms with Crippen molar-refractivity contribution in [1.82, 2.24) is 9.55 Å². The minimum atomic E-state index is -1.29. The van der Waals surface area contributed by atoms with Crippen molar-refractivity contribution in [3.63, 3.8) is 0 Å². The Balaban J connectivity index is 1.99. The molecule has 0 spiro atoms. The quantitative estimate of drug-likeness (QED) is 0.455. The molecule has 1 aliphatic rings. The number of benzene rings is 2. The topological polar surface area (TPSA) is 143 Å². The van der Waals surface area contributed by atoms with Gasteiger partial charge in [0.15, 0.2) is 0 Å². The Morgan fingerprint density at radius 1 is 1.23 bits per heavy atom. The van der Waals surface area contributed by atoms with Gasteiger partial charge in [-0.05, 0) is 42.7 Å². The van der Waals surface area contributed by atoms with Crippen molar-refractivity contribution in [2.75, 3.05) is 25.1 Å². The van der Waals surface area contributed by atoms with Crippen LogP contribution in [0.3, 0.4) is 0 Å². The van der Waals surface area contributed by atoms with Crippen LogP contribution < -0.4 is 26.7 Å². The van der Waals surface area contributed by atoms with Crippen LogP contribution in [0, 0.1) is 17.1 Å². The maximum absolute atomic E-state index is 14.6. The Hall–Kier alpha value is -3.78. The number of aliphatic hydroxyl groups is 1. The van der Waals surface area contributed by atoms with Crippen molar-refractivity contribution >= 4 is 5.95 Å². The second-order valence-corrected chi connectivity index (χ2v) is 8.48. The third-order valence-electron chi connectivity index (χ3n) is 6.08. The predicted molar refractivity (Wildman–Crippen MR) is 130 cm³/mol. The molecule has 0 amide bonds. The van der Waals surface area contributed by atoms with Gasteiger partial charge >= 0.3 is 0 Å². The summed E-state index contributed by atoms with van der Waals surface area (Å²) in [5.41, 5.74) is 12.6. The molecule has 1 unspecified atom stereocenters. The van der Waals surface area contributed by atoms with Gasteiger partial charge in [-0.2, -0.15) is 5.26 Å². The number of piperidine rings is 1. The van der Waals surface area contributed by atoms with E-state index < -0.39 is 17.6 Å². The number of nitrogens with zero attached hydrogens (tertiary/aromatic N) is 4. The van der Waals surface area contributed by atoms with E-state index in [1.807, 2.05) is 4.90 Å². The van der Waals surface area contributed by atoms with Crippen molar-refractivity contribution < 1.29 is 14.2 Å². The fourth-order valence-corrected chi connectivity index (χ4v) is 4.22. The standard InChI is InChI=1S/C25H27FN6O3/c1-35-19-6-4-15(5-7-19)22-23(16-2-3-17(13-27)20(26)12-16)30-25(31-10-8-18(28)9-11-31)32(24(22)34)14-21(29)33/h2-7,12,18,21,33H,8-11,14,28-29H2,1H3. The summed E-state index contributed by atoms with van der Waals surface area (Å²) in [4.78, 5) is 20.7. The molecule has 1 aliphatic heterocycles. The van der Waals surface area contributed by atoms with Crippen molar-refractivity contribution in [1.29, 1.82) is 5.26 Å². The average Bonchev–Trinajstić information content (AvgIpc) is 2.85. The molecule has 1 atom stereocenters. The van der Waals surface area contributed by atoms with Crippen molar-refractivity contribution in [2.24, 2.45) is 11.5 Å². The number of methoxy groups -OCH3 is 1. The van der Waals surface area contributed by atoms with Crippen molar-refractivity contribution in [3.05, 3.63) is 64.2 Å². The molecule has 0 radical (unpaired) electrons. The van der Waals surface area contributed by atoms with Gasteiger partial charge < -0.3 is 26.2 Å². The number of rotatable bonds is 6. The van der Waals surface area contributed by atoms with Crippen molar-refractivity contribution in [2.45, 2.75) is 31.7 Å². The summed E-state index contributed by atoms with van der Waals surface area (Å²) in [5.74, 6) is 0.217. The van der Waals surface area contributed by atoms with Crippen LogP contribution in [-0.4, -0.2) is 47.1 Å². The summed E-state index contributed by atoms with van der Waals surface area (Å²) in [6.45, 7) is 0.962. The molecule has 2 aromatic carbocycles. The highest BCUT2D eigenvalue weighted by atomic mass is 19.1. The van der Waals surface area contributed by atoms with E-state index in [-0.39, 0.29) is 29.4 Å². The van der Waals surface area contributed by atoms with Crippen LogP contribution in [0.15, 0.2) is 47.3 Å². The summed E-state index contributed by atoms with van der Waals surface area (Å²) in [6, 6.07) is 12.8. The number of aromatic nitrogens is 2. The molecule has 0 saturated carbocycles. The van der Waals surface area contributed by atoms with E-state index in [0.29, 0.717) is 48.8 Å². The molecule has 5 N–H and O–H groups in total. The van der Waals surface area contributed by atoms with Crippen LogP contribution in [0.5, 0.6) is 5.75 Å². The zero-order chi connectivity index (χ0) is 25.1. The molecule has 4 rings (SSSR count). The van der Waals surface area contributed by atoms with E-state index in [4.69, 9.17) is 26.5 Å². The molecule has 10 heteroatoms. The lowest BCUT2D eigenvalue weighted by molar-refractivity contribution is 0.160. The molecule has 35 heavy (non-hydrogen) atoms. The fourth-order valence-electron chi connectivity index (χ4n) is 4.22. The first-order chi connectivity index (χ1) is 16.8. The van der Waals surface area contributed by atoms with Crippen LogP contribution in [0.1, 0.15) is 18.4 Å². The van der Waals surface area contributed by atoms with Gasteiger partial charge in [-0.3, -0.25) is 9.36 Å². The first kappa shape index (κ1) is 24.3. The summed E-state index contributed by atoms with van der Waals surface area (Å²) in [7, 11) is 1.54. The highest BCUT2D eigenvalue weighted by Gasteiger charge is 2.26. The van der Waals surface area contributed by atoms with Crippen LogP contribution in [0.2, 0.25) is 0 Å². The van der Waals surface area contributed by atoms with E-state index in [9.17, 15) is 14.3 Å². The first-order valence-electron chi connectivity index (χ1n) is 11.3. The summed E-state index contributed by atoms with van der Waals surface area (Å²) in [5, 5.41) is 19.1. The SMILES string of the molecule is COc1ccc(-c2c(-c3ccc(C#N)c(F)c3)nc(N3CCC(N)CC3)n(CC(N)O)c2=O)cc1. The highest BCUT2D eigenvalue weighted by molar-refractivity contribution is 5.81. The zero-order valence-corrected chi connectivity index (χ0v) is 19.3. The van der Waals surface area contributed by atoms with Crippen LogP contribution in [-0.2, 0) is 6.54 Å². The van der Waals surface area contributed by atoms with Gasteiger partial charge in [0.25, 0.3) is 5.56 Å². The molecular formula is C25H27FN6O3. The maximum atomic E-state index is 14.6. The smallest absolute Gasteiger partial charge is 0.263 e. The second kappa shape index (κ2) is 10.2. The Bertz CT molecular complexity index is 1310. The van der Waals surface area contributed by atoms with Crippen LogP contribution in [0.4, 0.5) is 10.3 Å². The fraction of sp³-hybridized carbons (Fsp3) is 0.320. The number of hydrogen-bond acceptors (Lipinski definition) is 8. The highest BCUT2D eigenvalue weighted by Crippen LogP contribution is 2.32. The average molecular weight is 479 g/mol. The number of halogens is 1. The first-order valence-corrected chi connectivity index (χ1v) is 11.3. The number of hydrogen-bond donors (Lipinski definition) is 3. The number of ether oxygens (including phenoxy) is 1. The Kier molecular flexibility index (Phi) is 7.12. The minimum Gasteiger partial charge on any atom is -0.497 e. The molecule has 3 aromatic rings. The second-order valence-electron chi connectivity index (χ2n) is 8.48. The monoisotopic (exact) mass is 478 g/mol. The molecule has 182 valence electrons. The van der Waals surface area contributed by atoms with E-state index in [2.05, 4.69) is 0 Å². The molecule has 0 aliphatic carbocycles. The lowest BCUT2D eigenvalue weighted by Gasteiger charge is -2.33. The summed E-state index contributed by atoms with van der Waals surface area (Å²) >= 11 is 0. The number of anilines is 1. The largest absolute Gasteiger partial charge is 0.497 e.